The fraction of sp³-hybridized carbons (Fsp3) is 0.333. The highest BCUT2D eigenvalue weighted by Gasteiger charge is 2.07. The van der Waals surface area contributed by atoms with Gasteiger partial charge in [-0.05, 0) is 42.5 Å². The van der Waals surface area contributed by atoms with Crippen molar-refractivity contribution in [3.63, 3.8) is 0 Å². The molecule has 2 N–H and O–H groups in total. The topological polar surface area (TPSA) is 56.3 Å². The Hall–Kier alpha value is -2.47. The molecule has 3 rings (SSSR count). The minimum absolute atomic E-state index is 0.831. The Morgan fingerprint density at radius 2 is 1.96 bits per heavy atom. The molecular formula is C21H27N5S. The maximum absolute atomic E-state index is 4.63. The quantitative estimate of drug-likeness (QED) is 0.282. The van der Waals surface area contributed by atoms with Crippen LogP contribution in [0.3, 0.4) is 0 Å². The molecule has 0 spiro atoms. The van der Waals surface area contributed by atoms with Crippen LogP contribution in [-0.2, 0) is 13.0 Å². The van der Waals surface area contributed by atoms with Gasteiger partial charge in [-0.25, -0.2) is 4.98 Å². The van der Waals surface area contributed by atoms with Crippen LogP contribution in [0, 0.1) is 0 Å². The summed E-state index contributed by atoms with van der Waals surface area (Å²) in [6, 6.07) is 16.8. The van der Waals surface area contributed by atoms with E-state index in [0.717, 1.165) is 48.7 Å². The highest BCUT2D eigenvalue weighted by Crippen LogP contribution is 2.15. The number of thioether (sulfide) groups is 1. The Morgan fingerprint density at radius 3 is 2.67 bits per heavy atom. The number of nitrogens with one attached hydrogen (secondary N) is 2. The number of rotatable bonds is 7. The van der Waals surface area contributed by atoms with Gasteiger partial charge in [0.15, 0.2) is 5.96 Å². The van der Waals surface area contributed by atoms with Crippen LogP contribution in [0.15, 0.2) is 58.4 Å². The van der Waals surface area contributed by atoms with E-state index in [2.05, 4.69) is 68.8 Å². The highest BCUT2D eigenvalue weighted by molar-refractivity contribution is 7.98. The molecule has 0 atom stereocenters. The van der Waals surface area contributed by atoms with E-state index < -0.39 is 0 Å². The van der Waals surface area contributed by atoms with Crippen molar-refractivity contribution >= 4 is 28.8 Å². The van der Waals surface area contributed by atoms with Crippen molar-refractivity contribution in [3.8, 4) is 0 Å². The van der Waals surface area contributed by atoms with Crippen molar-refractivity contribution < 1.29 is 0 Å². The molecular weight excluding hydrogens is 354 g/mol. The van der Waals surface area contributed by atoms with Crippen LogP contribution < -0.4 is 5.32 Å². The predicted octanol–water partition coefficient (Wildman–Crippen LogP) is 3.92. The average molecular weight is 382 g/mol. The van der Waals surface area contributed by atoms with Gasteiger partial charge in [-0.2, -0.15) is 0 Å². The lowest BCUT2D eigenvalue weighted by molar-refractivity contribution is 0.475. The van der Waals surface area contributed by atoms with E-state index in [1.165, 1.54) is 10.5 Å². The Morgan fingerprint density at radius 1 is 1.19 bits per heavy atom. The number of aromatic amines is 1. The summed E-state index contributed by atoms with van der Waals surface area (Å²) in [4.78, 5) is 15.8. The zero-order valence-corrected chi connectivity index (χ0v) is 17.0. The van der Waals surface area contributed by atoms with Gasteiger partial charge >= 0.3 is 0 Å². The van der Waals surface area contributed by atoms with Gasteiger partial charge in [-0.1, -0.05) is 24.3 Å². The minimum atomic E-state index is 0.831. The smallest absolute Gasteiger partial charge is 0.193 e. The summed E-state index contributed by atoms with van der Waals surface area (Å²) < 4.78 is 0. The molecule has 3 aromatic rings. The van der Waals surface area contributed by atoms with Crippen molar-refractivity contribution in [1.82, 2.24) is 20.2 Å². The van der Waals surface area contributed by atoms with E-state index in [0.29, 0.717) is 0 Å². The van der Waals surface area contributed by atoms with E-state index in [1.54, 1.807) is 11.8 Å². The minimum Gasteiger partial charge on any atom is -0.356 e. The average Bonchev–Trinajstić information content (AvgIpc) is 3.11. The molecule has 6 heteroatoms. The molecule has 0 radical (unpaired) electrons. The second-order valence-electron chi connectivity index (χ2n) is 6.48. The standard InChI is InChI=1S/C21H27N5S/c1-22-21(26(2)15-16-10-12-17(27-3)13-11-16)23-14-6-9-20-24-18-7-4-5-8-19(18)25-20/h4-5,7-8,10-13H,6,9,14-15H2,1-3H3,(H,22,23)(H,24,25). The number of guanidine groups is 1. The fourth-order valence-electron chi connectivity index (χ4n) is 3.04. The zero-order chi connectivity index (χ0) is 19.1. The van der Waals surface area contributed by atoms with Gasteiger partial charge in [0.2, 0.25) is 0 Å². The molecule has 0 fully saturated rings. The lowest BCUT2D eigenvalue weighted by Gasteiger charge is -2.22. The van der Waals surface area contributed by atoms with Crippen LogP contribution in [0.2, 0.25) is 0 Å². The van der Waals surface area contributed by atoms with Gasteiger partial charge in [-0.3, -0.25) is 4.99 Å². The molecule has 0 saturated heterocycles. The normalized spacial score (nSPS) is 11.7. The number of benzene rings is 2. The first-order chi connectivity index (χ1) is 13.2. The van der Waals surface area contributed by atoms with Crippen molar-refractivity contribution in [3.05, 3.63) is 59.9 Å². The number of para-hydroxylation sites is 2. The van der Waals surface area contributed by atoms with Crippen molar-refractivity contribution in [2.45, 2.75) is 24.3 Å². The monoisotopic (exact) mass is 381 g/mol. The van der Waals surface area contributed by atoms with Crippen LogP contribution in [0.1, 0.15) is 17.8 Å². The lowest BCUT2D eigenvalue weighted by atomic mass is 10.2. The molecule has 0 aliphatic carbocycles. The van der Waals surface area contributed by atoms with Crippen molar-refractivity contribution in [1.29, 1.82) is 0 Å². The van der Waals surface area contributed by atoms with E-state index in [-0.39, 0.29) is 0 Å². The summed E-state index contributed by atoms with van der Waals surface area (Å²) in [5.41, 5.74) is 3.41. The number of aromatic nitrogens is 2. The van der Waals surface area contributed by atoms with Gasteiger partial charge in [0.05, 0.1) is 11.0 Å². The summed E-state index contributed by atoms with van der Waals surface area (Å²) in [6.45, 7) is 1.69. The Labute approximate surface area is 165 Å². The maximum atomic E-state index is 4.63. The van der Waals surface area contributed by atoms with Crippen molar-refractivity contribution in [2.24, 2.45) is 4.99 Å². The molecule has 0 amide bonds. The first-order valence-corrected chi connectivity index (χ1v) is 10.4. The molecule has 1 aromatic heterocycles. The van der Waals surface area contributed by atoms with Gasteiger partial charge in [-0.15, -0.1) is 11.8 Å². The number of imidazole rings is 1. The van der Waals surface area contributed by atoms with Crippen LogP contribution in [-0.4, -0.2) is 47.7 Å². The third-order valence-electron chi connectivity index (χ3n) is 4.46. The number of H-pyrrole nitrogens is 1. The third-order valence-corrected chi connectivity index (χ3v) is 5.21. The van der Waals surface area contributed by atoms with Crippen LogP contribution in [0.4, 0.5) is 0 Å². The Bertz CT molecular complexity index is 852. The molecule has 0 saturated carbocycles. The maximum Gasteiger partial charge on any atom is 0.193 e. The number of hydrogen-bond acceptors (Lipinski definition) is 3. The number of aryl methyl sites for hydroxylation is 1. The number of hydrogen-bond donors (Lipinski definition) is 2. The first-order valence-electron chi connectivity index (χ1n) is 9.18. The number of fused-ring (bicyclic) bond motifs is 1. The van der Waals surface area contributed by atoms with Crippen molar-refractivity contribution in [2.75, 3.05) is 26.9 Å². The predicted molar refractivity (Wildman–Crippen MR) is 115 cm³/mol. The first kappa shape index (κ1) is 19.3. The molecule has 27 heavy (non-hydrogen) atoms. The second kappa shape index (κ2) is 9.46. The third kappa shape index (κ3) is 5.26. The number of aliphatic imine (C=N–C) groups is 1. The molecule has 1 heterocycles. The zero-order valence-electron chi connectivity index (χ0n) is 16.2. The van der Waals surface area contributed by atoms with Gasteiger partial charge in [0, 0.05) is 38.5 Å². The summed E-state index contributed by atoms with van der Waals surface area (Å²) >= 11 is 1.76. The largest absolute Gasteiger partial charge is 0.356 e. The van der Waals surface area contributed by atoms with E-state index in [4.69, 9.17) is 0 Å². The Balaban J connectivity index is 1.46. The van der Waals surface area contributed by atoms with Crippen LogP contribution in [0.25, 0.3) is 11.0 Å². The molecule has 2 aromatic carbocycles. The lowest BCUT2D eigenvalue weighted by Crippen LogP contribution is -2.39. The summed E-state index contributed by atoms with van der Waals surface area (Å²) in [7, 11) is 3.89. The van der Waals surface area contributed by atoms with Gasteiger partial charge in [0.25, 0.3) is 0 Å². The summed E-state index contributed by atoms with van der Waals surface area (Å²) in [5, 5.41) is 3.45. The van der Waals surface area contributed by atoms with E-state index in [9.17, 15) is 0 Å². The Kier molecular flexibility index (Phi) is 6.76. The SMILES string of the molecule is CN=C(NCCCc1nc2ccccc2[nH]1)N(C)Cc1ccc(SC)cc1. The second-order valence-corrected chi connectivity index (χ2v) is 7.36. The van der Waals surface area contributed by atoms with Crippen LogP contribution in [0.5, 0.6) is 0 Å². The van der Waals surface area contributed by atoms with Gasteiger partial charge in [0.1, 0.15) is 5.82 Å². The highest BCUT2D eigenvalue weighted by atomic mass is 32.2. The molecule has 0 unspecified atom stereocenters. The molecule has 0 aliphatic rings. The molecule has 142 valence electrons. The molecule has 0 bridgehead atoms. The van der Waals surface area contributed by atoms with Gasteiger partial charge < -0.3 is 15.2 Å². The molecule has 5 nitrogen and oxygen atoms in total. The molecule has 0 aliphatic heterocycles. The summed E-state index contributed by atoms with van der Waals surface area (Å²) in [5.74, 6) is 1.95. The van der Waals surface area contributed by atoms with E-state index >= 15 is 0 Å². The van der Waals surface area contributed by atoms with E-state index in [1.807, 2.05) is 25.2 Å². The fourth-order valence-corrected chi connectivity index (χ4v) is 3.45. The van der Waals surface area contributed by atoms with Crippen LogP contribution >= 0.6 is 11.8 Å². The summed E-state index contributed by atoms with van der Waals surface area (Å²) in [6.07, 6.45) is 4.01. The number of nitrogens with zero attached hydrogens (tertiary/aromatic N) is 3.